The molecule has 1 unspecified atom stereocenters. The Balaban J connectivity index is 1.72. The Morgan fingerprint density at radius 3 is 2.74 bits per heavy atom. The highest BCUT2D eigenvalue weighted by Crippen LogP contribution is 2.29. The summed E-state index contributed by atoms with van der Waals surface area (Å²) < 4.78 is 18.7. The van der Waals surface area contributed by atoms with Gasteiger partial charge < -0.3 is 4.74 Å². The fourth-order valence-electron chi connectivity index (χ4n) is 3.28. The van der Waals surface area contributed by atoms with Crippen LogP contribution < -0.4 is 10.4 Å². The standard InChI is InChI=1S/C21H25ClFN3O/c1-25(13-16-6-5-7-18(23)12-16)14-17-15-26(24-20(17)10-11-27-2)21-9-4-3-8-19(21)22/h3-9,12,15,20,24H,10-11,13-14H2,1-2H3. The van der Waals surface area contributed by atoms with Gasteiger partial charge in [0.15, 0.2) is 0 Å². The number of nitrogens with zero attached hydrogens (tertiary/aromatic N) is 2. The van der Waals surface area contributed by atoms with E-state index in [4.69, 9.17) is 16.3 Å². The number of rotatable bonds is 8. The van der Waals surface area contributed by atoms with E-state index in [1.54, 1.807) is 19.2 Å². The first kappa shape index (κ1) is 19.8. The van der Waals surface area contributed by atoms with Crippen molar-refractivity contribution in [2.45, 2.75) is 19.0 Å². The number of hydrazine groups is 1. The van der Waals surface area contributed by atoms with Gasteiger partial charge in [0.05, 0.1) is 16.8 Å². The summed E-state index contributed by atoms with van der Waals surface area (Å²) in [6.07, 6.45) is 2.96. The zero-order chi connectivity index (χ0) is 19.2. The van der Waals surface area contributed by atoms with Crippen LogP contribution in [0.15, 0.2) is 60.3 Å². The van der Waals surface area contributed by atoms with Gasteiger partial charge >= 0.3 is 0 Å². The first-order valence-corrected chi connectivity index (χ1v) is 9.37. The summed E-state index contributed by atoms with van der Waals surface area (Å²) >= 11 is 6.35. The van der Waals surface area contributed by atoms with Crippen LogP contribution in [0.2, 0.25) is 5.02 Å². The molecule has 0 aliphatic carbocycles. The molecule has 1 aliphatic heterocycles. The lowest BCUT2D eigenvalue weighted by molar-refractivity contribution is 0.186. The highest BCUT2D eigenvalue weighted by Gasteiger charge is 2.26. The molecule has 2 aromatic rings. The minimum Gasteiger partial charge on any atom is -0.385 e. The molecule has 6 heteroatoms. The van der Waals surface area contributed by atoms with E-state index >= 15 is 0 Å². The average Bonchev–Trinajstić information content (AvgIpc) is 3.02. The molecule has 0 fully saturated rings. The Morgan fingerprint density at radius 1 is 1.19 bits per heavy atom. The largest absolute Gasteiger partial charge is 0.385 e. The number of hydrogen-bond acceptors (Lipinski definition) is 4. The Labute approximate surface area is 165 Å². The maximum atomic E-state index is 13.4. The van der Waals surface area contributed by atoms with Gasteiger partial charge in [-0.1, -0.05) is 35.9 Å². The topological polar surface area (TPSA) is 27.7 Å². The number of likely N-dealkylation sites (N-methyl/N-ethyl adjacent to an activating group) is 1. The molecule has 0 aromatic heterocycles. The third kappa shape index (κ3) is 5.30. The summed E-state index contributed by atoms with van der Waals surface area (Å²) in [5, 5.41) is 2.68. The number of benzene rings is 2. The molecule has 1 heterocycles. The molecule has 144 valence electrons. The second-order valence-electron chi connectivity index (χ2n) is 6.79. The number of anilines is 1. The third-order valence-electron chi connectivity index (χ3n) is 4.55. The normalized spacial score (nSPS) is 16.9. The molecule has 0 amide bonds. The Kier molecular flexibility index (Phi) is 6.85. The van der Waals surface area contributed by atoms with Gasteiger partial charge in [-0.3, -0.25) is 9.91 Å². The molecule has 27 heavy (non-hydrogen) atoms. The molecule has 0 spiro atoms. The SMILES string of the molecule is COCCC1NN(c2ccccc2Cl)C=C1CN(C)Cc1cccc(F)c1. The van der Waals surface area contributed by atoms with Gasteiger partial charge in [-0.2, -0.15) is 0 Å². The molecule has 0 bridgehead atoms. The van der Waals surface area contributed by atoms with Crippen LogP contribution in [0.1, 0.15) is 12.0 Å². The lowest BCUT2D eigenvalue weighted by Gasteiger charge is -2.23. The smallest absolute Gasteiger partial charge is 0.123 e. The molecular weight excluding hydrogens is 365 g/mol. The van der Waals surface area contributed by atoms with Gasteiger partial charge in [0.2, 0.25) is 0 Å². The summed E-state index contributed by atoms with van der Waals surface area (Å²) in [5.74, 6) is -0.203. The maximum absolute atomic E-state index is 13.4. The zero-order valence-electron chi connectivity index (χ0n) is 15.7. The molecule has 1 N–H and O–H groups in total. The summed E-state index contributed by atoms with van der Waals surface area (Å²) in [5.41, 5.74) is 6.62. The van der Waals surface area contributed by atoms with Crippen LogP contribution >= 0.6 is 11.6 Å². The number of para-hydroxylation sites is 1. The summed E-state index contributed by atoms with van der Waals surface area (Å²) in [6.45, 7) is 2.11. The van der Waals surface area contributed by atoms with Gasteiger partial charge in [-0.05, 0) is 48.9 Å². The Bertz CT molecular complexity index is 799. The first-order valence-electron chi connectivity index (χ1n) is 8.99. The van der Waals surface area contributed by atoms with Crippen LogP contribution in [0.5, 0.6) is 0 Å². The molecule has 2 aromatic carbocycles. The predicted molar refractivity (Wildman–Crippen MR) is 108 cm³/mol. The Morgan fingerprint density at radius 2 is 2.00 bits per heavy atom. The number of hydrogen-bond donors (Lipinski definition) is 1. The highest BCUT2D eigenvalue weighted by atomic mass is 35.5. The van der Waals surface area contributed by atoms with E-state index < -0.39 is 0 Å². The minimum atomic E-state index is -0.203. The molecule has 0 saturated carbocycles. The van der Waals surface area contributed by atoms with Gasteiger partial charge in [-0.25, -0.2) is 9.82 Å². The van der Waals surface area contributed by atoms with Crippen molar-refractivity contribution >= 4 is 17.3 Å². The van der Waals surface area contributed by atoms with Crippen molar-refractivity contribution in [3.8, 4) is 0 Å². The van der Waals surface area contributed by atoms with Crippen LogP contribution in [0.3, 0.4) is 0 Å². The van der Waals surface area contributed by atoms with E-state index in [9.17, 15) is 4.39 Å². The van der Waals surface area contributed by atoms with Crippen molar-refractivity contribution in [3.05, 3.63) is 76.7 Å². The lowest BCUT2D eigenvalue weighted by atomic mass is 10.1. The van der Waals surface area contributed by atoms with Crippen molar-refractivity contribution in [2.75, 3.05) is 32.3 Å². The molecule has 0 radical (unpaired) electrons. The Hall–Kier alpha value is -1.92. The first-order chi connectivity index (χ1) is 13.1. The van der Waals surface area contributed by atoms with E-state index in [0.717, 1.165) is 24.2 Å². The third-order valence-corrected chi connectivity index (χ3v) is 4.87. The molecule has 1 aliphatic rings. The van der Waals surface area contributed by atoms with Crippen LogP contribution in [0.4, 0.5) is 10.1 Å². The second-order valence-corrected chi connectivity index (χ2v) is 7.20. The van der Waals surface area contributed by atoms with Gasteiger partial charge in [0.1, 0.15) is 5.82 Å². The maximum Gasteiger partial charge on any atom is 0.123 e. The minimum absolute atomic E-state index is 0.163. The van der Waals surface area contributed by atoms with Gasteiger partial charge in [-0.15, -0.1) is 0 Å². The van der Waals surface area contributed by atoms with E-state index in [1.807, 2.05) is 42.4 Å². The number of ether oxygens (including phenoxy) is 1. The molecular formula is C21H25ClFN3O. The van der Waals surface area contributed by atoms with E-state index in [2.05, 4.69) is 16.5 Å². The molecule has 1 atom stereocenters. The zero-order valence-corrected chi connectivity index (χ0v) is 16.4. The van der Waals surface area contributed by atoms with Crippen LogP contribution in [-0.2, 0) is 11.3 Å². The summed E-state index contributed by atoms with van der Waals surface area (Å²) in [6, 6.07) is 14.6. The molecule has 4 nitrogen and oxygen atoms in total. The van der Waals surface area contributed by atoms with Crippen molar-refractivity contribution in [1.29, 1.82) is 0 Å². The van der Waals surface area contributed by atoms with Crippen LogP contribution in [-0.4, -0.2) is 38.3 Å². The fourth-order valence-corrected chi connectivity index (χ4v) is 3.51. The van der Waals surface area contributed by atoms with E-state index in [-0.39, 0.29) is 11.9 Å². The monoisotopic (exact) mass is 389 g/mol. The van der Waals surface area contributed by atoms with Crippen LogP contribution in [0.25, 0.3) is 0 Å². The number of halogens is 2. The second kappa shape index (κ2) is 9.33. The fraction of sp³-hybridized carbons (Fsp3) is 0.333. The predicted octanol–water partition coefficient (Wildman–Crippen LogP) is 4.22. The number of nitrogens with one attached hydrogen (secondary N) is 1. The van der Waals surface area contributed by atoms with E-state index in [0.29, 0.717) is 18.2 Å². The van der Waals surface area contributed by atoms with Crippen molar-refractivity contribution < 1.29 is 9.13 Å². The molecule has 0 saturated heterocycles. The number of methoxy groups -OCH3 is 1. The molecule has 3 rings (SSSR count). The van der Waals surface area contributed by atoms with Crippen molar-refractivity contribution in [2.24, 2.45) is 0 Å². The summed E-state index contributed by atoms with van der Waals surface area (Å²) in [7, 11) is 3.75. The quantitative estimate of drug-likeness (QED) is 0.731. The van der Waals surface area contributed by atoms with Gasteiger partial charge in [0.25, 0.3) is 0 Å². The summed E-state index contributed by atoms with van der Waals surface area (Å²) in [4.78, 5) is 2.18. The average molecular weight is 390 g/mol. The van der Waals surface area contributed by atoms with E-state index in [1.165, 1.54) is 11.6 Å². The van der Waals surface area contributed by atoms with Crippen molar-refractivity contribution in [3.63, 3.8) is 0 Å². The van der Waals surface area contributed by atoms with Gasteiger partial charge in [0, 0.05) is 33.0 Å². The highest BCUT2D eigenvalue weighted by molar-refractivity contribution is 6.33. The lowest BCUT2D eigenvalue weighted by Crippen LogP contribution is -2.38. The van der Waals surface area contributed by atoms with Crippen molar-refractivity contribution in [1.82, 2.24) is 10.3 Å². The van der Waals surface area contributed by atoms with Crippen LogP contribution in [0, 0.1) is 5.82 Å².